The van der Waals surface area contributed by atoms with E-state index in [1.54, 1.807) is 0 Å². The molecule has 18 heavy (non-hydrogen) atoms. The lowest BCUT2D eigenvalue weighted by molar-refractivity contribution is 0.0793. The molecule has 1 aromatic rings. The first-order valence-electron chi connectivity index (χ1n) is 5.12. The van der Waals surface area contributed by atoms with Crippen molar-refractivity contribution in [2.45, 2.75) is 6.42 Å². The van der Waals surface area contributed by atoms with Crippen molar-refractivity contribution in [1.82, 2.24) is 4.90 Å². The molecule has 0 spiro atoms. The third kappa shape index (κ3) is 3.41. The number of carbonyl (C=O) groups excluding carboxylic acids is 1. The van der Waals surface area contributed by atoms with Crippen molar-refractivity contribution < 1.29 is 18.8 Å². The van der Waals surface area contributed by atoms with Gasteiger partial charge in [-0.25, -0.2) is 8.78 Å². The minimum atomic E-state index is -0.921. The molecule has 0 aromatic heterocycles. The standard InChI is InChI=1S/C11H13F2N3O2/c1-16(5-4-10(14)15-18)11(17)8-3-2-7(12)6-9(8)13/h2-3,6,18H,4-5H2,1H3,(H2,14,15). The summed E-state index contributed by atoms with van der Waals surface area (Å²) in [6.45, 7) is 0.158. The molecule has 0 aliphatic rings. The fourth-order valence-corrected chi connectivity index (χ4v) is 1.30. The van der Waals surface area contributed by atoms with Crippen molar-refractivity contribution in [3.8, 4) is 0 Å². The van der Waals surface area contributed by atoms with Crippen molar-refractivity contribution in [2.75, 3.05) is 13.6 Å². The van der Waals surface area contributed by atoms with Gasteiger partial charge in [0.2, 0.25) is 0 Å². The van der Waals surface area contributed by atoms with Gasteiger partial charge in [0.15, 0.2) is 0 Å². The summed E-state index contributed by atoms with van der Waals surface area (Å²) in [5.74, 6) is -2.30. The molecule has 1 rings (SSSR count). The van der Waals surface area contributed by atoms with Crippen LogP contribution in [-0.2, 0) is 0 Å². The van der Waals surface area contributed by atoms with Crippen LogP contribution in [0.4, 0.5) is 8.78 Å². The number of rotatable bonds is 4. The number of nitrogens with zero attached hydrogens (tertiary/aromatic N) is 2. The van der Waals surface area contributed by atoms with Gasteiger partial charge in [-0.15, -0.1) is 0 Å². The maximum absolute atomic E-state index is 13.4. The Morgan fingerprint density at radius 2 is 2.17 bits per heavy atom. The predicted molar refractivity (Wildman–Crippen MR) is 61.3 cm³/mol. The van der Waals surface area contributed by atoms with Crippen molar-refractivity contribution in [3.05, 3.63) is 35.4 Å². The minimum absolute atomic E-state index is 0.0331. The Morgan fingerprint density at radius 1 is 1.50 bits per heavy atom. The van der Waals surface area contributed by atoms with Crippen LogP contribution in [0.5, 0.6) is 0 Å². The first-order chi connectivity index (χ1) is 8.45. The molecule has 0 saturated heterocycles. The molecule has 7 heteroatoms. The number of nitrogens with two attached hydrogens (primary N) is 1. The van der Waals surface area contributed by atoms with Crippen LogP contribution in [0.3, 0.4) is 0 Å². The summed E-state index contributed by atoms with van der Waals surface area (Å²) in [5.41, 5.74) is 5.02. The van der Waals surface area contributed by atoms with Crippen LogP contribution in [0.2, 0.25) is 0 Å². The van der Waals surface area contributed by atoms with E-state index in [2.05, 4.69) is 5.16 Å². The molecule has 0 bridgehead atoms. The molecule has 98 valence electrons. The van der Waals surface area contributed by atoms with E-state index < -0.39 is 17.5 Å². The molecular formula is C11H13F2N3O2. The zero-order valence-electron chi connectivity index (χ0n) is 9.73. The Balaban J connectivity index is 2.74. The summed E-state index contributed by atoms with van der Waals surface area (Å²) in [6, 6.07) is 2.73. The lowest BCUT2D eigenvalue weighted by Gasteiger charge is -2.17. The summed E-state index contributed by atoms with van der Waals surface area (Å²) in [6.07, 6.45) is 0.154. The summed E-state index contributed by atoms with van der Waals surface area (Å²) in [7, 11) is 1.44. The van der Waals surface area contributed by atoms with Crippen LogP contribution in [0.15, 0.2) is 23.4 Å². The van der Waals surface area contributed by atoms with E-state index in [0.717, 1.165) is 12.1 Å². The molecule has 0 aliphatic carbocycles. The molecule has 0 aliphatic heterocycles. The van der Waals surface area contributed by atoms with E-state index in [1.165, 1.54) is 11.9 Å². The monoisotopic (exact) mass is 257 g/mol. The number of amidine groups is 1. The van der Waals surface area contributed by atoms with Gasteiger partial charge in [0.05, 0.1) is 5.56 Å². The number of carbonyl (C=O) groups is 1. The Hall–Kier alpha value is -2.18. The molecule has 0 fully saturated rings. The Labute approximate surface area is 102 Å². The molecule has 0 heterocycles. The zero-order chi connectivity index (χ0) is 13.7. The van der Waals surface area contributed by atoms with Crippen LogP contribution < -0.4 is 5.73 Å². The van der Waals surface area contributed by atoms with Crippen molar-refractivity contribution in [2.24, 2.45) is 10.9 Å². The Kier molecular flexibility index (Phi) is 4.59. The largest absolute Gasteiger partial charge is 0.409 e. The Morgan fingerprint density at radius 3 is 2.72 bits per heavy atom. The van der Waals surface area contributed by atoms with Crippen LogP contribution >= 0.6 is 0 Å². The van der Waals surface area contributed by atoms with E-state index in [4.69, 9.17) is 10.9 Å². The highest BCUT2D eigenvalue weighted by molar-refractivity contribution is 5.94. The molecule has 0 unspecified atom stereocenters. The molecule has 3 N–H and O–H groups in total. The molecule has 5 nitrogen and oxygen atoms in total. The number of halogens is 2. The topological polar surface area (TPSA) is 78.9 Å². The molecule has 1 aromatic carbocycles. The average molecular weight is 257 g/mol. The highest BCUT2D eigenvalue weighted by Crippen LogP contribution is 2.11. The van der Waals surface area contributed by atoms with Gasteiger partial charge in [0.25, 0.3) is 5.91 Å². The minimum Gasteiger partial charge on any atom is -0.409 e. The SMILES string of the molecule is CN(CC/C(N)=N/O)C(=O)c1ccc(F)cc1F. The molecule has 0 saturated carbocycles. The van der Waals surface area contributed by atoms with Gasteiger partial charge in [-0.05, 0) is 12.1 Å². The maximum atomic E-state index is 13.4. The number of benzene rings is 1. The lowest BCUT2D eigenvalue weighted by Crippen LogP contribution is -2.31. The van der Waals surface area contributed by atoms with Gasteiger partial charge in [0, 0.05) is 26.1 Å². The number of oxime groups is 1. The number of amides is 1. The molecule has 0 atom stereocenters. The van der Waals surface area contributed by atoms with Gasteiger partial charge >= 0.3 is 0 Å². The second-order valence-corrected chi connectivity index (χ2v) is 3.69. The van der Waals surface area contributed by atoms with Crippen molar-refractivity contribution in [1.29, 1.82) is 0 Å². The molecule has 1 amide bonds. The van der Waals surface area contributed by atoms with Crippen LogP contribution in [-0.4, -0.2) is 35.4 Å². The van der Waals surface area contributed by atoms with E-state index in [1.807, 2.05) is 0 Å². The fraction of sp³-hybridized carbons (Fsp3) is 0.273. The van der Waals surface area contributed by atoms with Gasteiger partial charge in [-0.1, -0.05) is 5.16 Å². The van der Waals surface area contributed by atoms with E-state index in [-0.39, 0.29) is 24.4 Å². The first-order valence-corrected chi connectivity index (χ1v) is 5.12. The smallest absolute Gasteiger partial charge is 0.256 e. The second kappa shape index (κ2) is 5.95. The quantitative estimate of drug-likeness (QED) is 0.368. The summed E-state index contributed by atoms with van der Waals surface area (Å²) in [4.78, 5) is 13.0. The molecule has 0 radical (unpaired) electrons. The van der Waals surface area contributed by atoms with Crippen LogP contribution in [0, 0.1) is 11.6 Å². The normalized spacial score (nSPS) is 11.4. The predicted octanol–water partition coefficient (Wildman–Crippen LogP) is 1.17. The van der Waals surface area contributed by atoms with Crippen LogP contribution in [0.25, 0.3) is 0 Å². The third-order valence-corrected chi connectivity index (χ3v) is 2.34. The number of hydrogen-bond acceptors (Lipinski definition) is 3. The fourth-order valence-electron chi connectivity index (χ4n) is 1.30. The lowest BCUT2D eigenvalue weighted by atomic mass is 10.2. The van der Waals surface area contributed by atoms with Crippen LogP contribution in [0.1, 0.15) is 16.8 Å². The van der Waals surface area contributed by atoms with Gasteiger partial charge in [-0.2, -0.15) is 0 Å². The van der Waals surface area contributed by atoms with Crippen molar-refractivity contribution in [3.63, 3.8) is 0 Å². The molecular weight excluding hydrogens is 244 g/mol. The van der Waals surface area contributed by atoms with E-state index >= 15 is 0 Å². The third-order valence-electron chi connectivity index (χ3n) is 2.34. The Bertz CT molecular complexity index is 477. The maximum Gasteiger partial charge on any atom is 0.256 e. The number of hydrogen-bond donors (Lipinski definition) is 2. The first kappa shape index (κ1) is 13.9. The second-order valence-electron chi connectivity index (χ2n) is 3.69. The highest BCUT2D eigenvalue weighted by Gasteiger charge is 2.16. The summed E-state index contributed by atoms with van der Waals surface area (Å²) in [5, 5.41) is 11.1. The zero-order valence-corrected chi connectivity index (χ0v) is 9.73. The van der Waals surface area contributed by atoms with Gasteiger partial charge in [0.1, 0.15) is 17.5 Å². The van der Waals surface area contributed by atoms with E-state index in [0.29, 0.717) is 6.07 Å². The van der Waals surface area contributed by atoms with Gasteiger partial charge < -0.3 is 15.8 Å². The summed E-state index contributed by atoms with van der Waals surface area (Å²) < 4.78 is 26.0. The van der Waals surface area contributed by atoms with Crippen molar-refractivity contribution >= 4 is 11.7 Å². The van der Waals surface area contributed by atoms with E-state index in [9.17, 15) is 13.6 Å². The highest BCUT2D eigenvalue weighted by atomic mass is 19.1. The summed E-state index contributed by atoms with van der Waals surface area (Å²) >= 11 is 0. The van der Waals surface area contributed by atoms with Gasteiger partial charge in [-0.3, -0.25) is 4.79 Å². The average Bonchev–Trinajstić information content (AvgIpc) is 2.34.